The molecule has 0 saturated heterocycles. The SMILES string of the molecule is COC(=O)/C=C/C1=C(C)C(O)CCC1(C)C. The monoisotopic (exact) mass is 224 g/mol. The molecular weight excluding hydrogens is 204 g/mol. The molecule has 1 aliphatic rings. The van der Waals surface area contributed by atoms with Crippen LogP contribution in [0, 0.1) is 5.41 Å². The highest BCUT2D eigenvalue weighted by molar-refractivity contribution is 5.82. The zero-order valence-corrected chi connectivity index (χ0v) is 10.4. The van der Waals surface area contributed by atoms with Crippen molar-refractivity contribution >= 4 is 5.97 Å². The second kappa shape index (κ2) is 4.83. The summed E-state index contributed by atoms with van der Waals surface area (Å²) >= 11 is 0. The van der Waals surface area contributed by atoms with Gasteiger partial charge in [0.1, 0.15) is 0 Å². The Morgan fingerprint density at radius 2 is 2.19 bits per heavy atom. The van der Waals surface area contributed by atoms with E-state index >= 15 is 0 Å². The lowest BCUT2D eigenvalue weighted by Crippen LogP contribution is -2.27. The van der Waals surface area contributed by atoms with Gasteiger partial charge in [-0.05, 0) is 36.3 Å². The lowest BCUT2D eigenvalue weighted by molar-refractivity contribution is -0.134. The van der Waals surface area contributed by atoms with Crippen molar-refractivity contribution in [3.05, 3.63) is 23.3 Å². The van der Waals surface area contributed by atoms with E-state index < -0.39 is 0 Å². The molecule has 1 N–H and O–H groups in total. The highest BCUT2D eigenvalue weighted by Gasteiger charge is 2.30. The number of hydrogen-bond donors (Lipinski definition) is 1. The fourth-order valence-corrected chi connectivity index (χ4v) is 2.14. The molecule has 1 unspecified atom stereocenters. The summed E-state index contributed by atoms with van der Waals surface area (Å²) in [5.41, 5.74) is 2.00. The average Bonchev–Trinajstić information content (AvgIpc) is 2.23. The van der Waals surface area contributed by atoms with Crippen LogP contribution in [0.5, 0.6) is 0 Å². The number of allylic oxidation sites excluding steroid dienone is 2. The molecule has 0 radical (unpaired) electrons. The van der Waals surface area contributed by atoms with Gasteiger partial charge in [0.2, 0.25) is 0 Å². The first-order chi connectivity index (χ1) is 7.38. The molecule has 3 heteroatoms. The van der Waals surface area contributed by atoms with Crippen LogP contribution in [0.4, 0.5) is 0 Å². The van der Waals surface area contributed by atoms with Gasteiger partial charge >= 0.3 is 5.97 Å². The number of hydrogen-bond acceptors (Lipinski definition) is 3. The van der Waals surface area contributed by atoms with Gasteiger partial charge < -0.3 is 9.84 Å². The van der Waals surface area contributed by atoms with Gasteiger partial charge in [0.25, 0.3) is 0 Å². The number of carbonyl (C=O) groups is 1. The van der Waals surface area contributed by atoms with Crippen LogP contribution in [-0.2, 0) is 9.53 Å². The Kier molecular flexibility index (Phi) is 3.92. The van der Waals surface area contributed by atoms with Gasteiger partial charge in [-0.2, -0.15) is 0 Å². The second-order valence-corrected chi connectivity index (χ2v) is 4.89. The number of methoxy groups -OCH3 is 1. The summed E-state index contributed by atoms with van der Waals surface area (Å²) in [5, 5.41) is 9.79. The zero-order chi connectivity index (χ0) is 12.3. The largest absolute Gasteiger partial charge is 0.466 e. The van der Waals surface area contributed by atoms with Crippen LogP contribution < -0.4 is 0 Å². The summed E-state index contributed by atoms with van der Waals surface area (Å²) in [6.07, 6.45) is 4.51. The fraction of sp³-hybridized carbons (Fsp3) is 0.615. The molecule has 0 saturated carbocycles. The first kappa shape index (κ1) is 13.0. The smallest absolute Gasteiger partial charge is 0.330 e. The van der Waals surface area contributed by atoms with Gasteiger partial charge in [0, 0.05) is 6.08 Å². The van der Waals surface area contributed by atoms with Crippen LogP contribution in [0.15, 0.2) is 23.3 Å². The molecule has 16 heavy (non-hydrogen) atoms. The maximum atomic E-state index is 11.1. The standard InChI is InChI=1S/C13H20O3/c1-9-10(5-6-12(15)16-4)13(2,3)8-7-11(9)14/h5-6,11,14H,7-8H2,1-4H3/b6-5+. The molecule has 0 amide bonds. The van der Waals surface area contributed by atoms with Gasteiger partial charge in [-0.1, -0.05) is 19.9 Å². The zero-order valence-electron chi connectivity index (χ0n) is 10.4. The van der Waals surface area contributed by atoms with Crippen LogP contribution in [0.3, 0.4) is 0 Å². The third-order valence-electron chi connectivity index (χ3n) is 3.28. The van der Waals surface area contributed by atoms with Crippen molar-refractivity contribution in [2.45, 2.75) is 39.7 Å². The van der Waals surface area contributed by atoms with Crippen molar-refractivity contribution in [3.63, 3.8) is 0 Å². The molecule has 0 fully saturated rings. The van der Waals surface area contributed by atoms with Crippen LogP contribution in [0.25, 0.3) is 0 Å². The summed E-state index contributed by atoms with van der Waals surface area (Å²) in [6.45, 7) is 6.17. The number of rotatable bonds is 2. The van der Waals surface area contributed by atoms with Crippen molar-refractivity contribution in [1.82, 2.24) is 0 Å². The summed E-state index contributed by atoms with van der Waals surface area (Å²) in [7, 11) is 1.36. The van der Waals surface area contributed by atoms with E-state index in [0.29, 0.717) is 0 Å². The van der Waals surface area contributed by atoms with Crippen LogP contribution >= 0.6 is 0 Å². The summed E-state index contributed by atoms with van der Waals surface area (Å²) in [4.78, 5) is 11.1. The Morgan fingerprint density at radius 1 is 1.56 bits per heavy atom. The quantitative estimate of drug-likeness (QED) is 0.578. The number of ether oxygens (including phenoxy) is 1. The van der Waals surface area contributed by atoms with Gasteiger partial charge in [-0.3, -0.25) is 0 Å². The van der Waals surface area contributed by atoms with E-state index in [1.807, 2.05) is 6.92 Å². The van der Waals surface area contributed by atoms with Gasteiger partial charge in [0.15, 0.2) is 0 Å². The minimum Gasteiger partial charge on any atom is -0.466 e. The summed E-state index contributed by atoms with van der Waals surface area (Å²) in [5.74, 6) is -0.365. The first-order valence-electron chi connectivity index (χ1n) is 5.54. The Morgan fingerprint density at radius 3 is 2.75 bits per heavy atom. The van der Waals surface area contributed by atoms with Gasteiger partial charge in [-0.25, -0.2) is 4.79 Å². The number of aliphatic hydroxyl groups excluding tert-OH is 1. The van der Waals surface area contributed by atoms with E-state index in [2.05, 4.69) is 18.6 Å². The van der Waals surface area contributed by atoms with Gasteiger partial charge in [0.05, 0.1) is 13.2 Å². The van der Waals surface area contributed by atoms with Crippen molar-refractivity contribution < 1.29 is 14.6 Å². The summed E-state index contributed by atoms with van der Waals surface area (Å²) < 4.78 is 4.56. The highest BCUT2D eigenvalue weighted by Crippen LogP contribution is 2.40. The Bertz CT molecular complexity index is 337. The van der Waals surface area contributed by atoms with E-state index in [9.17, 15) is 9.90 Å². The van der Waals surface area contributed by atoms with Crippen LogP contribution in [0.2, 0.25) is 0 Å². The molecule has 1 aliphatic carbocycles. The lowest BCUT2D eigenvalue weighted by Gasteiger charge is -2.35. The summed E-state index contributed by atoms with van der Waals surface area (Å²) in [6, 6.07) is 0. The third-order valence-corrected chi connectivity index (χ3v) is 3.28. The lowest BCUT2D eigenvalue weighted by atomic mass is 9.71. The topological polar surface area (TPSA) is 46.5 Å². The van der Waals surface area contributed by atoms with Crippen LogP contribution in [-0.4, -0.2) is 24.3 Å². The maximum absolute atomic E-state index is 11.1. The highest BCUT2D eigenvalue weighted by atomic mass is 16.5. The van der Waals surface area contributed by atoms with Crippen molar-refractivity contribution in [2.75, 3.05) is 7.11 Å². The van der Waals surface area contributed by atoms with E-state index in [0.717, 1.165) is 24.0 Å². The van der Waals surface area contributed by atoms with E-state index in [-0.39, 0.29) is 17.5 Å². The van der Waals surface area contributed by atoms with Crippen molar-refractivity contribution in [2.24, 2.45) is 5.41 Å². The molecule has 0 spiro atoms. The van der Waals surface area contributed by atoms with Crippen molar-refractivity contribution in [1.29, 1.82) is 0 Å². The molecule has 0 aromatic rings. The van der Waals surface area contributed by atoms with E-state index in [4.69, 9.17) is 0 Å². The minimum absolute atomic E-state index is 0.00777. The number of aliphatic hydroxyl groups is 1. The molecule has 0 bridgehead atoms. The van der Waals surface area contributed by atoms with E-state index in [1.165, 1.54) is 13.2 Å². The average molecular weight is 224 g/mol. The van der Waals surface area contributed by atoms with E-state index in [1.54, 1.807) is 6.08 Å². The van der Waals surface area contributed by atoms with Crippen molar-refractivity contribution in [3.8, 4) is 0 Å². The number of carbonyl (C=O) groups excluding carboxylic acids is 1. The molecule has 3 nitrogen and oxygen atoms in total. The molecule has 1 rings (SSSR count). The normalized spacial score (nSPS) is 24.9. The minimum atomic E-state index is -0.384. The predicted molar refractivity (Wildman–Crippen MR) is 62.9 cm³/mol. The number of esters is 1. The molecular formula is C13H20O3. The predicted octanol–water partition coefficient (Wildman–Crippen LogP) is 2.21. The Balaban J connectivity index is 3.01. The molecule has 0 heterocycles. The van der Waals surface area contributed by atoms with Crippen LogP contribution in [0.1, 0.15) is 33.6 Å². The molecule has 1 atom stereocenters. The third kappa shape index (κ3) is 2.73. The first-order valence-corrected chi connectivity index (χ1v) is 5.54. The fourth-order valence-electron chi connectivity index (χ4n) is 2.14. The Hall–Kier alpha value is -1.09. The second-order valence-electron chi connectivity index (χ2n) is 4.89. The van der Waals surface area contributed by atoms with Gasteiger partial charge in [-0.15, -0.1) is 0 Å². The molecule has 0 aliphatic heterocycles. The maximum Gasteiger partial charge on any atom is 0.330 e. The molecule has 90 valence electrons. The molecule has 0 aromatic heterocycles. The molecule has 0 aromatic carbocycles. The Labute approximate surface area is 96.8 Å².